The molecule has 0 aromatic heterocycles. The van der Waals surface area contributed by atoms with Crippen LogP contribution in [0.25, 0.3) is 0 Å². The standard InChI is InChI=1S/C9H11NO3.C5H9NO2/c10-8(9(12)13)5-6-1-3-7(11)4-2-6;7-5(8)4-2-1-3-6-4/h1-4,8,11H,5,10H2,(H,12,13);4,6H,1-3H2,(H,7,8). The summed E-state index contributed by atoms with van der Waals surface area (Å²) in [7, 11) is 0. The number of phenols is 1. The van der Waals surface area contributed by atoms with Crippen molar-refractivity contribution in [3.05, 3.63) is 29.8 Å². The van der Waals surface area contributed by atoms with E-state index in [1.54, 1.807) is 12.1 Å². The Balaban J connectivity index is 0.000000235. The Bertz CT molecular complexity index is 469. The molecule has 1 aromatic carbocycles. The number of nitrogens with one attached hydrogen (secondary N) is 1. The Morgan fingerprint density at radius 3 is 2.29 bits per heavy atom. The molecular weight excluding hydrogens is 276 g/mol. The molecule has 7 heteroatoms. The third-order valence-corrected chi connectivity index (χ3v) is 3.07. The second-order valence-corrected chi connectivity index (χ2v) is 4.80. The molecule has 1 aliphatic heterocycles. The minimum atomic E-state index is -1.02. The highest BCUT2D eigenvalue weighted by molar-refractivity contribution is 5.74. The Morgan fingerprint density at radius 1 is 1.29 bits per heavy atom. The van der Waals surface area contributed by atoms with Crippen molar-refractivity contribution in [2.24, 2.45) is 5.73 Å². The predicted octanol–water partition coefficient (Wildman–Crippen LogP) is 0.170. The number of carbonyl (C=O) groups is 2. The zero-order valence-corrected chi connectivity index (χ0v) is 11.5. The van der Waals surface area contributed by atoms with Crippen LogP contribution in [-0.2, 0) is 16.0 Å². The van der Waals surface area contributed by atoms with Crippen molar-refractivity contribution >= 4 is 11.9 Å². The summed E-state index contributed by atoms with van der Waals surface area (Å²) >= 11 is 0. The maximum Gasteiger partial charge on any atom is 0.320 e. The van der Waals surface area contributed by atoms with Crippen molar-refractivity contribution in [1.29, 1.82) is 0 Å². The van der Waals surface area contributed by atoms with Crippen LogP contribution in [0, 0.1) is 0 Å². The van der Waals surface area contributed by atoms with E-state index < -0.39 is 18.0 Å². The highest BCUT2D eigenvalue weighted by Gasteiger charge is 2.20. The van der Waals surface area contributed by atoms with E-state index in [9.17, 15) is 9.59 Å². The van der Waals surface area contributed by atoms with Gasteiger partial charge in [-0.2, -0.15) is 0 Å². The average molecular weight is 296 g/mol. The molecule has 1 fully saturated rings. The molecule has 6 N–H and O–H groups in total. The maximum absolute atomic E-state index is 10.4. The van der Waals surface area contributed by atoms with Gasteiger partial charge in [-0.1, -0.05) is 12.1 Å². The normalized spacial score (nSPS) is 18.4. The van der Waals surface area contributed by atoms with E-state index in [1.165, 1.54) is 12.1 Å². The van der Waals surface area contributed by atoms with Crippen molar-refractivity contribution in [3.63, 3.8) is 0 Å². The second kappa shape index (κ2) is 8.23. The third kappa shape index (κ3) is 6.24. The SMILES string of the molecule is NC(Cc1ccc(O)cc1)C(=O)O.O=C(O)C1CCCN1. The Morgan fingerprint density at radius 2 is 1.90 bits per heavy atom. The smallest absolute Gasteiger partial charge is 0.320 e. The van der Waals surface area contributed by atoms with Gasteiger partial charge < -0.3 is 26.4 Å². The number of carboxylic acids is 2. The summed E-state index contributed by atoms with van der Waals surface area (Å²) < 4.78 is 0. The van der Waals surface area contributed by atoms with E-state index in [-0.39, 0.29) is 18.2 Å². The van der Waals surface area contributed by atoms with Crippen LogP contribution >= 0.6 is 0 Å². The van der Waals surface area contributed by atoms with E-state index in [0.717, 1.165) is 24.9 Å². The summed E-state index contributed by atoms with van der Waals surface area (Å²) in [5.74, 6) is -1.58. The first-order valence-corrected chi connectivity index (χ1v) is 6.62. The van der Waals surface area contributed by atoms with Crippen LogP contribution in [0.5, 0.6) is 5.75 Å². The first kappa shape index (κ1) is 16.9. The quantitative estimate of drug-likeness (QED) is 0.535. The molecule has 0 radical (unpaired) electrons. The molecule has 2 atom stereocenters. The van der Waals surface area contributed by atoms with Crippen LogP contribution in [-0.4, -0.2) is 45.9 Å². The molecule has 0 amide bonds. The number of nitrogens with two attached hydrogens (primary N) is 1. The van der Waals surface area contributed by atoms with Crippen LogP contribution in [0.3, 0.4) is 0 Å². The van der Waals surface area contributed by atoms with Crippen molar-refractivity contribution in [1.82, 2.24) is 5.32 Å². The number of hydrogen-bond acceptors (Lipinski definition) is 5. The minimum absolute atomic E-state index is 0.160. The van der Waals surface area contributed by atoms with Crippen molar-refractivity contribution in [2.45, 2.75) is 31.3 Å². The highest BCUT2D eigenvalue weighted by atomic mass is 16.4. The van der Waals surface area contributed by atoms with E-state index >= 15 is 0 Å². The third-order valence-electron chi connectivity index (χ3n) is 3.07. The van der Waals surface area contributed by atoms with E-state index in [4.69, 9.17) is 21.1 Å². The molecular formula is C14H20N2O5. The summed E-state index contributed by atoms with van der Waals surface area (Å²) in [4.78, 5) is 20.5. The number of phenolic OH excluding ortho intramolecular Hbond substituents is 1. The highest BCUT2D eigenvalue weighted by Crippen LogP contribution is 2.10. The number of aliphatic carboxylic acids is 2. The van der Waals surface area contributed by atoms with Gasteiger partial charge in [0.15, 0.2) is 0 Å². The van der Waals surface area contributed by atoms with Gasteiger partial charge in [-0.3, -0.25) is 9.59 Å². The van der Waals surface area contributed by atoms with Gasteiger partial charge in [0.2, 0.25) is 0 Å². The Hall–Kier alpha value is -2.12. The summed E-state index contributed by atoms with van der Waals surface area (Å²) in [5.41, 5.74) is 6.12. The van der Waals surface area contributed by atoms with E-state index in [0.29, 0.717) is 0 Å². The van der Waals surface area contributed by atoms with Gasteiger partial charge in [0, 0.05) is 0 Å². The van der Waals surface area contributed by atoms with Crippen molar-refractivity contribution in [2.75, 3.05) is 6.54 Å². The van der Waals surface area contributed by atoms with Crippen LogP contribution in [0.1, 0.15) is 18.4 Å². The fourth-order valence-corrected chi connectivity index (χ4v) is 1.87. The van der Waals surface area contributed by atoms with Gasteiger partial charge in [-0.05, 0) is 43.5 Å². The molecule has 2 unspecified atom stereocenters. The fourth-order valence-electron chi connectivity index (χ4n) is 1.87. The number of rotatable bonds is 4. The van der Waals surface area contributed by atoms with Crippen molar-refractivity contribution < 1.29 is 24.9 Å². The lowest BCUT2D eigenvalue weighted by molar-refractivity contribution is -0.139. The van der Waals surface area contributed by atoms with E-state index in [1.807, 2.05) is 0 Å². The summed E-state index contributed by atoms with van der Waals surface area (Å²) in [6.45, 7) is 0.858. The summed E-state index contributed by atoms with van der Waals surface area (Å²) in [5, 5.41) is 28.7. The predicted molar refractivity (Wildman–Crippen MR) is 76.1 cm³/mol. The number of benzene rings is 1. The maximum atomic E-state index is 10.4. The van der Waals surface area contributed by atoms with Gasteiger partial charge in [-0.25, -0.2) is 0 Å². The molecule has 1 aromatic rings. The number of hydrogen-bond donors (Lipinski definition) is 5. The molecule has 0 aliphatic carbocycles. The minimum Gasteiger partial charge on any atom is -0.508 e. The van der Waals surface area contributed by atoms with E-state index in [2.05, 4.69) is 5.32 Å². The first-order chi connectivity index (χ1) is 9.90. The largest absolute Gasteiger partial charge is 0.508 e. The molecule has 21 heavy (non-hydrogen) atoms. The molecule has 2 rings (SSSR count). The van der Waals surface area contributed by atoms with Crippen LogP contribution in [0.2, 0.25) is 0 Å². The first-order valence-electron chi connectivity index (χ1n) is 6.62. The lowest BCUT2D eigenvalue weighted by atomic mass is 10.1. The zero-order valence-electron chi connectivity index (χ0n) is 11.5. The second-order valence-electron chi connectivity index (χ2n) is 4.80. The van der Waals surface area contributed by atoms with Gasteiger partial charge in [0.05, 0.1) is 0 Å². The van der Waals surface area contributed by atoms with Gasteiger partial charge in [0.1, 0.15) is 17.8 Å². The van der Waals surface area contributed by atoms with Gasteiger partial charge in [0.25, 0.3) is 0 Å². The number of carboxylic acid groups (broad SMARTS) is 2. The Kier molecular flexibility index (Phi) is 6.64. The zero-order chi connectivity index (χ0) is 15.8. The molecule has 116 valence electrons. The van der Waals surface area contributed by atoms with Crippen LogP contribution < -0.4 is 11.1 Å². The monoisotopic (exact) mass is 296 g/mol. The van der Waals surface area contributed by atoms with Crippen LogP contribution in [0.15, 0.2) is 24.3 Å². The lowest BCUT2D eigenvalue weighted by Crippen LogP contribution is -2.32. The molecule has 0 bridgehead atoms. The van der Waals surface area contributed by atoms with Crippen molar-refractivity contribution in [3.8, 4) is 5.75 Å². The average Bonchev–Trinajstić information content (AvgIpc) is 2.96. The molecule has 0 spiro atoms. The molecule has 7 nitrogen and oxygen atoms in total. The Labute approximate surface area is 122 Å². The fraction of sp³-hybridized carbons (Fsp3) is 0.429. The lowest BCUT2D eigenvalue weighted by Gasteiger charge is -2.05. The topological polar surface area (TPSA) is 133 Å². The molecule has 1 heterocycles. The molecule has 0 saturated carbocycles. The molecule has 1 aliphatic rings. The van der Waals surface area contributed by atoms with Gasteiger partial charge in [-0.15, -0.1) is 0 Å². The number of aromatic hydroxyl groups is 1. The van der Waals surface area contributed by atoms with Gasteiger partial charge >= 0.3 is 11.9 Å². The van der Waals surface area contributed by atoms with Crippen LogP contribution in [0.4, 0.5) is 0 Å². The summed E-state index contributed by atoms with van der Waals surface area (Å²) in [6, 6.07) is 5.16. The molecule has 1 saturated heterocycles. The summed E-state index contributed by atoms with van der Waals surface area (Å²) in [6.07, 6.45) is 2.06.